The highest BCUT2D eigenvalue weighted by Gasteiger charge is 2.09. The molecule has 0 aliphatic rings. The lowest BCUT2D eigenvalue weighted by Gasteiger charge is -2.04. The first-order valence-electron chi connectivity index (χ1n) is 6.27. The molecular weight excluding hydrogens is 297 g/mol. The summed E-state index contributed by atoms with van der Waals surface area (Å²) in [6.45, 7) is 2.09. The summed E-state index contributed by atoms with van der Waals surface area (Å²) in [7, 11) is -4.19. The maximum absolute atomic E-state index is 13.0. The number of aryl methyl sites for hydroxylation is 2. The van der Waals surface area contributed by atoms with Gasteiger partial charge in [0, 0.05) is 23.8 Å². The van der Waals surface area contributed by atoms with E-state index in [9.17, 15) is 17.4 Å². The Morgan fingerprint density at radius 2 is 2.14 bits per heavy atom. The van der Waals surface area contributed by atoms with E-state index in [0.717, 1.165) is 11.8 Å². The second kappa shape index (κ2) is 6.23. The number of halogens is 1. The zero-order valence-corrected chi connectivity index (χ0v) is 12.2. The molecule has 0 saturated heterocycles. The lowest BCUT2D eigenvalue weighted by atomic mass is 10.1. The van der Waals surface area contributed by atoms with Crippen molar-refractivity contribution in [3.05, 3.63) is 42.1 Å². The second-order valence-corrected chi connectivity index (χ2v) is 6.14. The van der Waals surface area contributed by atoms with Crippen LogP contribution < -0.4 is 4.68 Å². The monoisotopic (exact) mass is 311 g/mol. The number of nitrogens with zero attached hydrogens (tertiary/aromatic N) is 3. The van der Waals surface area contributed by atoms with Crippen LogP contribution in [0.25, 0.3) is 11.3 Å². The molecule has 2 rings (SSSR count). The Labute approximate surface area is 122 Å². The molecule has 0 aliphatic carbocycles. The Balaban J connectivity index is 2.08. The van der Waals surface area contributed by atoms with Crippen LogP contribution in [-0.4, -0.2) is 28.8 Å². The molecule has 0 N–H and O–H groups in total. The molecular formula is C13H14FN3O3S. The van der Waals surface area contributed by atoms with Crippen LogP contribution in [0.1, 0.15) is 12.0 Å². The van der Waals surface area contributed by atoms with Gasteiger partial charge >= 0.3 is 0 Å². The van der Waals surface area contributed by atoms with Gasteiger partial charge in [0.2, 0.25) is 0 Å². The molecule has 0 aliphatic heterocycles. The standard InChI is InChI=1S/C13H14FN3O3S/c1-10-7-12(14)9-15-13(10)11-3-5-17(16-8-11)4-2-6-21(18,19)20/h3,5,7-9H,2,4,6H2,1H3. The normalized spacial score (nSPS) is 11.6. The minimum Gasteiger partial charge on any atom is -0.748 e. The van der Waals surface area contributed by atoms with Gasteiger partial charge in [0.1, 0.15) is 12.0 Å². The summed E-state index contributed by atoms with van der Waals surface area (Å²) in [4.78, 5) is 4.03. The van der Waals surface area contributed by atoms with Crippen LogP contribution in [0, 0.1) is 12.7 Å². The average molecular weight is 311 g/mol. The van der Waals surface area contributed by atoms with Gasteiger partial charge in [-0.3, -0.25) is 4.98 Å². The third-order valence-electron chi connectivity index (χ3n) is 2.87. The summed E-state index contributed by atoms with van der Waals surface area (Å²) in [6.07, 6.45) is 4.58. The van der Waals surface area contributed by atoms with Crippen LogP contribution in [-0.2, 0) is 16.7 Å². The lowest BCUT2D eigenvalue weighted by Crippen LogP contribution is -2.38. The Kier molecular flexibility index (Phi) is 4.59. The van der Waals surface area contributed by atoms with Crippen molar-refractivity contribution in [1.82, 2.24) is 10.1 Å². The molecule has 21 heavy (non-hydrogen) atoms. The molecule has 0 unspecified atom stereocenters. The molecule has 0 bridgehead atoms. The van der Waals surface area contributed by atoms with Gasteiger partial charge in [-0.2, -0.15) is 0 Å². The van der Waals surface area contributed by atoms with Gasteiger partial charge in [-0.1, -0.05) is 4.68 Å². The molecule has 0 spiro atoms. The average Bonchev–Trinajstić information content (AvgIpc) is 2.38. The lowest BCUT2D eigenvalue weighted by molar-refractivity contribution is -0.753. The first-order valence-corrected chi connectivity index (χ1v) is 7.85. The van der Waals surface area contributed by atoms with Gasteiger partial charge < -0.3 is 4.55 Å². The van der Waals surface area contributed by atoms with Crippen molar-refractivity contribution >= 4 is 10.1 Å². The van der Waals surface area contributed by atoms with Crippen LogP contribution in [0.4, 0.5) is 4.39 Å². The maximum Gasteiger partial charge on any atom is 0.196 e. The summed E-state index contributed by atoms with van der Waals surface area (Å²) in [5, 5.41) is 4.12. The summed E-state index contributed by atoms with van der Waals surface area (Å²) in [6, 6.07) is 3.15. The summed E-state index contributed by atoms with van der Waals surface area (Å²) < 4.78 is 46.0. The largest absolute Gasteiger partial charge is 0.748 e. The number of hydrogen-bond donors (Lipinski definition) is 0. The Bertz CT molecular complexity index is 733. The predicted octanol–water partition coefficient (Wildman–Crippen LogP) is 0.814. The fraction of sp³-hybridized carbons (Fsp3) is 0.308. The van der Waals surface area contributed by atoms with Gasteiger partial charge in [-0.25, -0.2) is 12.8 Å². The van der Waals surface area contributed by atoms with Gasteiger partial charge in [0.15, 0.2) is 12.7 Å². The Hall–Kier alpha value is -1.93. The molecule has 2 heterocycles. The third-order valence-corrected chi connectivity index (χ3v) is 3.66. The van der Waals surface area contributed by atoms with Crippen LogP contribution in [0.3, 0.4) is 0 Å². The number of aromatic nitrogens is 3. The zero-order chi connectivity index (χ0) is 15.5. The summed E-state index contributed by atoms with van der Waals surface area (Å²) in [5.41, 5.74) is 2.07. The molecule has 8 heteroatoms. The first kappa shape index (κ1) is 15.5. The van der Waals surface area contributed by atoms with E-state index in [4.69, 9.17) is 0 Å². The quantitative estimate of drug-likeness (QED) is 0.602. The van der Waals surface area contributed by atoms with Gasteiger partial charge in [-0.05, 0) is 23.7 Å². The van der Waals surface area contributed by atoms with E-state index in [1.54, 1.807) is 25.4 Å². The van der Waals surface area contributed by atoms with Crippen molar-refractivity contribution in [2.24, 2.45) is 0 Å². The molecule has 0 amide bonds. The molecule has 112 valence electrons. The summed E-state index contributed by atoms with van der Waals surface area (Å²) >= 11 is 0. The van der Waals surface area contributed by atoms with Gasteiger partial charge in [0.25, 0.3) is 0 Å². The molecule has 0 radical (unpaired) electrons. The zero-order valence-electron chi connectivity index (χ0n) is 11.4. The van der Waals surface area contributed by atoms with Crippen molar-refractivity contribution in [1.29, 1.82) is 0 Å². The molecule has 0 aromatic carbocycles. The third kappa shape index (κ3) is 4.54. The Morgan fingerprint density at radius 1 is 1.38 bits per heavy atom. The molecule has 0 fully saturated rings. The van der Waals surface area contributed by atoms with Crippen molar-refractivity contribution in [2.45, 2.75) is 19.9 Å². The van der Waals surface area contributed by atoms with Crippen LogP contribution in [0.5, 0.6) is 0 Å². The van der Waals surface area contributed by atoms with Crippen molar-refractivity contribution in [3.63, 3.8) is 0 Å². The minimum atomic E-state index is -4.19. The minimum absolute atomic E-state index is 0.205. The summed E-state index contributed by atoms with van der Waals surface area (Å²) in [5.74, 6) is -0.809. The molecule has 0 saturated carbocycles. The van der Waals surface area contributed by atoms with E-state index in [0.29, 0.717) is 17.8 Å². The van der Waals surface area contributed by atoms with E-state index in [2.05, 4.69) is 10.1 Å². The van der Waals surface area contributed by atoms with E-state index >= 15 is 0 Å². The first-order chi connectivity index (χ1) is 9.85. The van der Waals surface area contributed by atoms with Crippen molar-refractivity contribution in [2.75, 3.05) is 5.75 Å². The molecule has 2 aromatic rings. The maximum atomic E-state index is 13.0. The van der Waals surface area contributed by atoms with Gasteiger partial charge in [-0.15, -0.1) is 0 Å². The van der Waals surface area contributed by atoms with Gasteiger partial charge in [0.05, 0.1) is 22.0 Å². The van der Waals surface area contributed by atoms with E-state index in [1.807, 2.05) is 0 Å². The fourth-order valence-corrected chi connectivity index (χ4v) is 2.39. The van der Waals surface area contributed by atoms with Crippen molar-refractivity contribution < 1.29 is 22.0 Å². The highest BCUT2D eigenvalue weighted by atomic mass is 32.2. The van der Waals surface area contributed by atoms with Crippen molar-refractivity contribution in [3.8, 4) is 11.3 Å². The molecule has 2 aromatic heterocycles. The van der Waals surface area contributed by atoms with E-state index in [-0.39, 0.29) is 6.42 Å². The SMILES string of the molecule is Cc1cc(F)cnc1-c1cc[n+](CCCS(=O)(=O)[O-])nc1. The van der Waals surface area contributed by atoms with E-state index in [1.165, 1.54) is 10.7 Å². The molecule has 6 nitrogen and oxygen atoms in total. The number of pyridine rings is 1. The second-order valence-electron chi connectivity index (χ2n) is 4.61. The van der Waals surface area contributed by atoms with E-state index < -0.39 is 21.7 Å². The number of rotatable bonds is 5. The Morgan fingerprint density at radius 3 is 2.71 bits per heavy atom. The smallest absolute Gasteiger partial charge is 0.196 e. The topological polar surface area (TPSA) is 86.9 Å². The molecule has 0 atom stereocenters. The van der Waals surface area contributed by atoms with Crippen LogP contribution in [0.2, 0.25) is 0 Å². The fourth-order valence-electron chi connectivity index (χ4n) is 1.90. The van der Waals surface area contributed by atoms with Crippen LogP contribution in [0.15, 0.2) is 30.7 Å². The van der Waals surface area contributed by atoms with Crippen LogP contribution >= 0.6 is 0 Å². The highest BCUT2D eigenvalue weighted by molar-refractivity contribution is 7.85. The predicted molar refractivity (Wildman–Crippen MR) is 71.5 cm³/mol. The highest BCUT2D eigenvalue weighted by Crippen LogP contribution is 2.19. The number of hydrogen-bond acceptors (Lipinski definition) is 5.